The van der Waals surface area contributed by atoms with Crippen LogP contribution in [0.1, 0.15) is 68.2 Å². The van der Waals surface area contributed by atoms with Crippen LogP contribution in [-0.2, 0) is 0 Å². The van der Waals surface area contributed by atoms with E-state index in [1.807, 2.05) is 16.5 Å². The molecule has 0 atom stereocenters. The zero-order valence-corrected chi connectivity index (χ0v) is 13.9. The summed E-state index contributed by atoms with van der Waals surface area (Å²) in [5, 5.41) is 11.9. The van der Waals surface area contributed by atoms with Crippen molar-refractivity contribution in [3.63, 3.8) is 0 Å². The lowest BCUT2D eigenvalue weighted by Crippen LogP contribution is -2.48. The highest BCUT2D eigenvalue weighted by Gasteiger charge is 2.34. The predicted molar refractivity (Wildman–Crippen MR) is 84.8 cm³/mol. The van der Waals surface area contributed by atoms with Gasteiger partial charge in [0.1, 0.15) is 0 Å². The van der Waals surface area contributed by atoms with Crippen LogP contribution in [0.5, 0.6) is 0 Å². The minimum atomic E-state index is 0.0531. The fourth-order valence-corrected chi connectivity index (χ4v) is 3.55. The molecule has 22 heavy (non-hydrogen) atoms. The molecule has 122 valence electrons. The van der Waals surface area contributed by atoms with Crippen molar-refractivity contribution in [2.45, 2.75) is 71.0 Å². The molecular weight excluding hydrogens is 278 g/mol. The van der Waals surface area contributed by atoms with E-state index in [-0.39, 0.29) is 11.9 Å². The average molecular weight is 305 g/mol. The van der Waals surface area contributed by atoms with E-state index in [0.29, 0.717) is 17.8 Å². The van der Waals surface area contributed by atoms with E-state index in [1.165, 1.54) is 6.42 Å². The Labute approximate surface area is 132 Å². The van der Waals surface area contributed by atoms with Gasteiger partial charge in [0.25, 0.3) is 5.91 Å². The quantitative estimate of drug-likeness (QED) is 0.923. The van der Waals surface area contributed by atoms with Crippen molar-refractivity contribution in [1.29, 1.82) is 0 Å². The Hall–Kier alpha value is -1.43. The number of hydrogen-bond acceptors (Lipinski definition) is 4. The van der Waals surface area contributed by atoms with E-state index < -0.39 is 0 Å². The maximum Gasteiger partial charge on any atom is 0.276 e. The fraction of sp³-hybridized carbons (Fsp3) is 0.812. The van der Waals surface area contributed by atoms with Crippen molar-refractivity contribution in [2.75, 3.05) is 13.1 Å². The molecule has 3 rings (SSSR count). The highest BCUT2D eigenvalue weighted by atomic mass is 16.2. The van der Waals surface area contributed by atoms with Crippen LogP contribution in [-0.4, -0.2) is 51.0 Å². The van der Waals surface area contributed by atoms with Gasteiger partial charge in [-0.1, -0.05) is 5.21 Å². The maximum absolute atomic E-state index is 12.9. The zero-order valence-electron chi connectivity index (χ0n) is 13.9. The van der Waals surface area contributed by atoms with E-state index in [2.05, 4.69) is 29.5 Å². The third-order valence-corrected chi connectivity index (χ3v) is 5.04. The first-order valence-electron chi connectivity index (χ1n) is 8.54. The Kier molecular flexibility index (Phi) is 4.47. The molecule has 6 heteroatoms. The molecule has 1 saturated heterocycles. The summed E-state index contributed by atoms with van der Waals surface area (Å²) in [5.41, 5.74) is 1.46. The molecule has 6 nitrogen and oxygen atoms in total. The summed E-state index contributed by atoms with van der Waals surface area (Å²) in [7, 11) is 0. The van der Waals surface area contributed by atoms with Gasteiger partial charge in [-0.25, -0.2) is 4.68 Å². The van der Waals surface area contributed by atoms with Crippen molar-refractivity contribution in [2.24, 2.45) is 0 Å². The Balaban J connectivity index is 1.81. The lowest BCUT2D eigenvalue weighted by molar-refractivity contribution is 0.0482. The molecule has 0 spiro atoms. The minimum absolute atomic E-state index is 0.0531. The molecule has 1 aromatic rings. The van der Waals surface area contributed by atoms with Crippen molar-refractivity contribution in [3.8, 4) is 0 Å². The second-order valence-electron chi connectivity index (χ2n) is 6.84. The van der Waals surface area contributed by atoms with Crippen LogP contribution >= 0.6 is 0 Å². The largest absolute Gasteiger partial charge is 0.332 e. The van der Waals surface area contributed by atoms with E-state index in [4.69, 9.17) is 0 Å². The predicted octanol–water partition coefficient (Wildman–Crippen LogP) is 1.91. The number of carbonyl (C=O) groups is 1. The van der Waals surface area contributed by atoms with Crippen molar-refractivity contribution >= 4 is 5.91 Å². The Morgan fingerprint density at radius 3 is 2.50 bits per heavy atom. The van der Waals surface area contributed by atoms with E-state index in [9.17, 15) is 4.79 Å². The first kappa shape index (κ1) is 15.5. The van der Waals surface area contributed by atoms with Gasteiger partial charge in [-0.3, -0.25) is 4.79 Å². The van der Waals surface area contributed by atoms with Gasteiger partial charge in [-0.2, -0.15) is 0 Å². The summed E-state index contributed by atoms with van der Waals surface area (Å²) < 4.78 is 1.97. The normalized spacial score (nSPS) is 20.2. The van der Waals surface area contributed by atoms with Crippen LogP contribution < -0.4 is 5.32 Å². The lowest BCUT2D eigenvalue weighted by atomic mass is 9.90. The zero-order chi connectivity index (χ0) is 15.7. The average Bonchev–Trinajstić information content (AvgIpc) is 2.84. The van der Waals surface area contributed by atoms with Gasteiger partial charge < -0.3 is 10.2 Å². The number of nitrogens with zero attached hydrogens (tertiary/aromatic N) is 4. The van der Waals surface area contributed by atoms with E-state index in [1.54, 1.807) is 0 Å². The Morgan fingerprint density at radius 2 is 1.95 bits per heavy atom. The minimum Gasteiger partial charge on any atom is -0.332 e. The summed E-state index contributed by atoms with van der Waals surface area (Å²) in [4.78, 5) is 14.9. The molecule has 1 aliphatic heterocycles. The third kappa shape index (κ3) is 2.76. The number of hydrogen-bond donors (Lipinski definition) is 1. The van der Waals surface area contributed by atoms with E-state index >= 15 is 0 Å². The van der Waals surface area contributed by atoms with Gasteiger partial charge in [0.15, 0.2) is 5.69 Å². The molecule has 1 saturated carbocycles. The first-order chi connectivity index (χ1) is 10.6. The summed E-state index contributed by atoms with van der Waals surface area (Å²) in [6, 6.07) is 0.962. The maximum atomic E-state index is 12.9. The highest BCUT2D eigenvalue weighted by molar-refractivity contribution is 5.93. The van der Waals surface area contributed by atoms with Gasteiger partial charge in [-0.15, -0.1) is 5.10 Å². The van der Waals surface area contributed by atoms with Crippen LogP contribution in [0.4, 0.5) is 0 Å². The number of piperidine rings is 1. The van der Waals surface area contributed by atoms with Gasteiger partial charge in [0, 0.05) is 12.1 Å². The van der Waals surface area contributed by atoms with Crippen LogP contribution in [0, 0.1) is 6.92 Å². The molecule has 1 aliphatic carbocycles. The van der Waals surface area contributed by atoms with Gasteiger partial charge in [0.05, 0.1) is 11.7 Å². The summed E-state index contributed by atoms with van der Waals surface area (Å²) in [6.45, 7) is 8.17. The van der Waals surface area contributed by atoms with Crippen LogP contribution in [0.2, 0.25) is 0 Å². The first-order valence-corrected chi connectivity index (χ1v) is 8.54. The molecule has 0 bridgehead atoms. The smallest absolute Gasteiger partial charge is 0.276 e. The molecule has 0 unspecified atom stereocenters. The molecule has 2 fully saturated rings. The topological polar surface area (TPSA) is 63.1 Å². The lowest BCUT2D eigenvalue weighted by Gasteiger charge is -2.40. The molecule has 2 heterocycles. The van der Waals surface area contributed by atoms with Crippen molar-refractivity contribution in [1.82, 2.24) is 25.2 Å². The van der Waals surface area contributed by atoms with Crippen LogP contribution in [0.15, 0.2) is 0 Å². The van der Waals surface area contributed by atoms with Crippen molar-refractivity contribution < 1.29 is 4.79 Å². The number of carbonyl (C=O) groups excluding carboxylic acids is 1. The summed E-state index contributed by atoms with van der Waals surface area (Å²) in [6.07, 6.45) is 5.56. The molecule has 1 amide bonds. The number of nitrogens with one attached hydrogen (secondary N) is 1. The summed E-state index contributed by atoms with van der Waals surface area (Å²) in [5.74, 6) is 0.0531. The third-order valence-electron chi connectivity index (χ3n) is 5.04. The molecule has 0 aromatic carbocycles. The van der Waals surface area contributed by atoms with Crippen LogP contribution in [0.3, 0.4) is 0 Å². The molecule has 2 aliphatic rings. The summed E-state index contributed by atoms with van der Waals surface area (Å²) >= 11 is 0. The molecule has 1 N–H and O–H groups in total. The monoisotopic (exact) mass is 305 g/mol. The highest BCUT2D eigenvalue weighted by Crippen LogP contribution is 2.29. The van der Waals surface area contributed by atoms with Crippen LogP contribution in [0.25, 0.3) is 0 Å². The number of rotatable bonds is 4. The number of aromatic nitrogens is 3. The number of amides is 1. The Bertz CT molecular complexity index is 529. The second kappa shape index (κ2) is 6.36. The van der Waals surface area contributed by atoms with Gasteiger partial charge in [0.2, 0.25) is 0 Å². The molecule has 1 aromatic heterocycles. The molecular formula is C16H27N5O. The van der Waals surface area contributed by atoms with E-state index in [0.717, 1.165) is 44.5 Å². The Morgan fingerprint density at radius 1 is 1.27 bits per heavy atom. The van der Waals surface area contributed by atoms with Gasteiger partial charge in [-0.05, 0) is 66.0 Å². The fourth-order valence-electron chi connectivity index (χ4n) is 3.55. The standard InChI is InChI=1S/C16H27N5O/c1-11(2)20(13-5-4-6-13)16(22)15-12(3)21(19-18-15)14-7-9-17-10-8-14/h11,13-14,17H,4-10H2,1-3H3. The second-order valence-corrected chi connectivity index (χ2v) is 6.84. The molecule has 0 radical (unpaired) electrons. The SMILES string of the molecule is Cc1c(C(=O)N(C(C)C)C2CCC2)nnn1C1CCNCC1. The van der Waals surface area contributed by atoms with Gasteiger partial charge >= 0.3 is 0 Å². The van der Waals surface area contributed by atoms with Crippen molar-refractivity contribution in [3.05, 3.63) is 11.4 Å².